The second-order valence-corrected chi connectivity index (χ2v) is 14.2. The number of ether oxygens (including phenoxy) is 2. The van der Waals surface area contributed by atoms with E-state index in [1.165, 1.54) is 14.2 Å². The van der Waals surface area contributed by atoms with Crippen LogP contribution in [0.4, 0.5) is 9.59 Å². The summed E-state index contributed by atoms with van der Waals surface area (Å²) in [5.41, 5.74) is 4.66. The van der Waals surface area contributed by atoms with Crippen molar-refractivity contribution in [3.8, 4) is 33.6 Å². The monoisotopic (exact) mass is 766 g/mol. The second-order valence-electron chi connectivity index (χ2n) is 13.4. The largest absolute Gasteiger partial charge is 0.453 e. The van der Waals surface area contributed by atoms with Crippen molar-refractivity contribution >= 4 is 47.2 Å². The molecule has 53 heavy (non-hydrogen) atoms. The van der Waals surface area contributed by atoms with Gasteiger partial charge in [0.15, 0.2) is 0 Å². The first-order chi connectivity index (χ1) is 25.3. The summed E-state index contributed by atoms with van der Waals surface area (Å²) < 4.78 is 9.17. The number of nitrogens with zero attached hydrogens (tertiary/aromatic N) is 4. The number of imidazole rings is 2. The maximum absolute atomic E-state index is 13.1. The van der Waals surface area contributed by atoms with E-state index in [2.05, 4.69) is 48.9 Å². The summed E-state index contributed by atoms with van der Waals surface area (Å²) in [6.07, 6.45) is -1.35. The van der Waals surface area contributed by atoms with Crippen LogP contribution in [0.25, 0.3) is 33.6 Å². The number of carbonyl (C=O) groups excluding carboxylic acids is 4. The third-order valence-corrected chi connectivity index (χ3v) is 9.80. The van der Waals surface area contributed by atoms with Crippen molar-refractivity contribution in [2.24, 2.45) is 17.8 Å². The summed E-state index contributed by atoms with van der Waals surface area (Å²) in [5.74, 6) is 1.39. The molecule has 0 aliphatic heterocycles. The van der Waals surface area contributed by atoms with E-state index in [0.717, 1.165) is 22.3 Å². The first-order valence-electron chi connectivity index (χ1n) is 17.2. The maximum atomic E-state index is 13.1. The van der Waals surface area contributed by atoms with Crippen molar-refractivity contribution < 1.29 is 28.7 Å². The average Bonchev–Trinajstić information content (AvgIpc) is 3.40. The number of hydrogen-bond donors (Lipinski definition) is 4. The number of alkyl carbamates (subject to hydrolysis) is 2. The van der Waals surface area contributed by atoms with E-state index in [1.54, 1.807) is 9.80 Å². The summed E-state index contributed by atoms with van der Waals surface area (Å²) in [6, 6.07) is 15.7. The van der Waals surface area contributed by atoms with Crippen LogP contribution in [0.5, 0.6) is 0 Å². The molecule has 4 amide bonds. The SMILES string of the molecule is COC(=O)NCC(=O)N(Cc1nc(-c2ccc(-c3ccc(-c4nc(CN(C(=O)CNC(=O)OC)C5C(C)[C@H]5C)[nH]c4Cl)cc3)cc2)c(Cl)[nH]1)CC(C)C. The van der Waals surface area contributed by atoms with Crippen molar-refractivity contribution in [2.45, 2.75) is 46.8 Å². The Hall–Kier alpha value is -5.08. The highest BCUT2D eigenvalue weighted by Crippen LogP contribution is 2.43. The molecule has 1 aliphatic carbocycles. The van der Waals surface area contributed by atoms with Crippen LogP contribution in [0, 0.1) is 17.8 Å². The number of methoxy groups -OCH3 is 2. The van der Waals surface area contributed by atoms with Crippen LogP contribution in [0.1, 0.15) is 39.3 Å². The maximum Gasteiger partial charge on any atom is 0.407 e. The Bertz CT molecular complexity index is 1920. The van der Waals surface area contributed by atoms with Gasteiger partial charge in [0.25, 0.3) is 0 Å². The van der Waals surface area contributed by atoms with Gasteiger partial charge in [0.1, 0.15) is 46.4 Å². The summed E-state index contributed by atoms with van der Waals surface area (Å²) in [7, 11) is 2.49. The quantitative estimate of drug-likeness (QED) is 0.119. The van der Waals surface area contributed by atoms with Gasteiger partial charge in [-0.3, -0.25) is 9.59 Å². The Balaban J connectivity index is 1.25. The molecule has 1 fully saturated rings. The normalized spacial score (nSPS) is 16.2. The molecule has 2 aromatic heterocycles. The number of carbonyl (C=O) groups is 4. The highest BCUT2D eigenvalue weighted by molar-refractivity contribution is 6.32. The van der Waals surface area contributed by atoms with Crippen LogP contribution >= 0.6 is 23.2 Å². The van der Waals surface area contributed by atoms with Crippen molar-refractivity contribution in [2.75, 3.05) is 33.9 Å². The van der Waals surface area contributed by atoms with Crippen LogP contribution in [0.15, 0.2) is 48.5 Å². The topological polar surface area (TPSA) is 175 Å². The van der Waals surface area contributed by atoms with Crippen LogP contribution in [-0.4, -0.2) is 93.6 Å². The highest BCUT2D eigenvalue weighted by Gasteiger charge is 2.48. The lowest BCUT2D eigenvalue weighted by Gasteiger charge is -2.23. The zero-order chi connectivity index (χ0) is 38.4. The molecule has 0 radical (unpaired) electrons. The lowest BCUT2D eigenvalue weighted by atomic mass is 10.0. The third-order valence-electron chi connectivity index (χ3n) is 9.25. The molecule has 2 aromatic carbocycles. The zero-order valence-corrected chi connectivity index (χ0v) is 32.0. The number of nitrogens with one attached hydrogen (secondary N) is 4. The lowest BCUT2D eigenvalue weighted by molar-refractivity contribution is -0.132. The Labute approximate surface area is 317 Å². The Morgan fingerprint density at radius 1 is 0.717 bits per heavy atom. The average molecular weight is 768 g/mol. The Morgan fingerprint density at radius 3 is 1.55 bits per heavy atom. The second kappa shape index (κ2) is 17.2. The van der Waals surface area contributed by atoms with Gasteiger partial charge in [-0.15, -0.1) is 0 Å². The van der Waals surface area contributed by atoms with E-state index in [1.807, 2.05) is 62.4 Å². The van der Waals surface area contributed by atoms with Crippen LogP contribution in [0.2, 0.25) is 10.3 Å². The van der Waals surface area contributed by atoms with Gasteiger partial charge in [-0.1, -0.05) is 99.4 Å². The van der Waals surface area contributed by atoms with Gasteiger partial charge in [0.2, 0.25) is 11.8 Å². The van der Waals surface area contributed by atoms with Crippen molar-refractivity contribution in [3.05, 3.63) is 70.5 Å². The smallest absolute Gasteiger partial charge is 0.407 e. The van der Waals surface area contributed by atoms with E-state index in [0.29, 0.717) is 51.7 Å². The van der Waals surface area contributed by atoms with Crippen LogP contribution in [0.3, 0.4) is 0 Å². The molecule has 2 unspecified atom stereocenters. The zero-order valence-electron chi connectivity index (χ0n) is 30.5. The van der Waals surface area contributed by atoms with Gasteiger partial charge in [0.05, 0.1) is 27.3 Å². The molecule has 14 nitrogen and oxygen atoms in total. The summed E-state index contributed by atoms with van der Waals surface area (Å²) in [4.78, 5) is 67.9. The van der Waals surface area contributed by atoms with Crippen molar-refractivity contribution in [3.63, 3.8) is 0 Å². The fourth-order valence-corrected chi connectivity index (χ4v) is 6.74. The van der Waals surface area contributed by atoms with Crippen molar-refractivity contribution in [1.82, 2.24) is 40.4 Å². The number of halogens is 2. The van der Waals surface area contributed by atoms with Gasteiger partial charge in [-0.05, 0) is 28.9 Å². The van der Waals surface area contributed by atoms with E-state index in [-0.39, 0.29) is 50.0 Å². The molecule has 2 heterocycles. The highest BCUT2D eigenvalue weighted by atomic mass is 35.5. The number of hydrogen-bond acceptors (Lipinski definition) is 8. The number of rotatable bonds is 14. The number of H-pyrrole nitrogens is 2. The molecule has 16 heteroatoms. The number of amides is 4. The molecule has 5 rings (SSSR count). The summed E-state index contributed by atoms with van der Waals surface area (Å²) >= 11 is 13.2. The molecular formula is C37H44Cl2N8O6. The molecule has 282 valence electrons. The molecule has 0 saturated heterocycles. The molecule has 0 bridgehead atoms. The van der Waals surface area contributed by atoms with Gasteiger partial charge in [-0.25, -0.2) is 19.6 Å². The first kappa shape index (κ1) is 39.1. The van der Waals surface area contributed by atoms with E-state index >= 15 is 0 Å². The van der Waals surface area contributed by atoms with Crippen LogP contribution < -0.4 is 10.6 Å². The van der Waals surface area contributed by atoms with Gasteiger partial charge >= 0.3 is 12.2 Å². The van der Waals surface area contributed by atoms with Gasteiger partial charge < -0.3 is 39.9 Å². The molecule has 3 atom stereocenters. The molecule has 0 spiro atoms. The van der Waals surface area contributed by atoms with Gasteiger partial charge in [0, 0.05) is 23.7 Å². The van der Waals surface area contributed by atoms with Gasteiger partial charge in [-0.2, -0.15) is 0 Å². The number of aromatic nitrogens is 4. The summed E-state index contributed by atoms with van der Waals surface area (Å²) in [6.45, 7) is 8.67. The number of aromatic amines is 2. The van der Waals surface area contributed by atoms with E-state index in [9.17, 15) is 19.2 Å². The fourth-order valence-electron chi connectivity index (χ4n) is 6.22. The standard InChI is InChI=1S/C37H44Cl2N8O6/c1-20(2)17-46(29(48)15-40-36(50)52-5)18-27-42-31(34(38)44-27)25-11-7-23(8-12-25)24-9-13-26(14-10-24)32-35(39)45-28(43-32)19-47(33-21(3)22(33)4)30(49)16-41-37(51)53-6/h7-14,20-22,33H,15-19H2,1-6H3,(H,40,50)(H,41,51)(H,42,44)(H,43,45)/t21-,22?,33?/m1/s1. The minimum atomic E-state index is -0.679. The van der Waals surface area contributed by atoms with E-state index in [4.69, 9.17) is 28.2 Å². The van der Waals surface area contributed by atoms with Crippen LogP contribution in [-0.2, 0) is 32.2 Å². The van der Waals surface area contributed by atoms with Crippen molar-refractivity contribution in [1.29, 1.82) is 0 Å². The molecule has 4 aromatic rings. The van der Waals surface area contributed by atoms with E-state index < -0.39 is 12.2 Å². The molecular weight excluding hydrogens is 723 g/mol. The third kappa shape index (κ3) is 9.68. The predicted octanol–water partition coefficient (Wildman–Crippen LogP) is 6.12. The first-order valence-corrected chi connectivity index (χ1v) is 18.0. The minimum absolute atomic E-state index is 0.0324. The molecule has 1 saturated carbocycles. The lowest BCUT2D eigenvalue weighted by Crippen LogP contribution is -2.42. The molecule has 1 aliphatic rings. The minimum Gasteiger partial charge on any atom is -0.453 e. The molecule has 4 N–H and O–H groups in total. The predicted molar refractivity (Wildman–Crippen MR) is 201 cm³/mol. The summed E-state index contributed by atoms with van der Waals surface area (Å²) in [5, 5.41) is 5.60. The Morgan fingerprint density at radius 2 is 1.13 bits per heavy atom. The Kier molecular flexibility index (Phi) is 12.7. The number of benzene rings is 2. The fraction of sp³-hybridized carbons (Fsp3) is 0.405.